The number of nitrogens with zero attached hydrogens (tertiary/aromatic N) is 1. The van der Waals surface area contributed by atoms with Crippen LogP contribution in [0.25, 0.3) is 0 Å². The van der Waals surface area contributed by atoms with Crippen molar-refractivity contribution in [2.45, 2.75) is 25.3 Å². The molecule has 1 aromatic carbocycles. The van der Waals surface area contributed by atoms with Gasteiger partial charge in [-0.15, -0.1) is 0 Å². The van der Waals surface area contributed by atoms with Crippen molar-refractivity contribution in [3.8, 4) is 0 Å². The van der Waals surface area contributed by atoms with Crippen LogP contribution in [0.1, 0.15) is 17.5 Å². The van der Waals surface area contributed by atoms with Crippen LogP contribution < -0.4 is 11.1 Å². The first kappa shape index (κ1) is 14.0. The molecule has 0 aromatic heterocycles. The highest BCUT2D eigenvalue weighted by atomic mass is 16.1. The number of rotatable bonds is 4. The zero-order valence-electron chi connectivity index (χ0n) is 11.6. The zero-order chi connectivity index (χ0) is 13.7. The molecule has 1 aliphatic rings. The normalized spacial score (nSPS) is 17.4. The van der Waals surface area contributed by atoms with E-state index < -0.39 is 0 Å². The Labute approximate surface area is 115 Å². The molecule has 1 unspecified atom stereocenters. The fraction of sp³-hybridized carbons (Fsp3) is 0.533. The number of amides is 1. The maximum Gasteiger partial charge on any atom is 0.221 e. The van der Waals surface area contributed by atoms with Crippen LogP contribution in [-0.4, -0.2) is 43.5 Å². The second-order valence-electron chi connectivity index (χ2n) is 5.07. The fourth-order valence-electron chi connectivity index (χ4n) is 2.73. The molecule has 0 bridgehead atoms. The van der Waals surface area contributed by atoms with Gasteiger partial charge in [-0.3, -0.25) is 9.69 Å². The van der Waals surface area contributed by atoms with Crippen molar-refractivity contribution in [1.29, 1.82) is 0 Å². The third-order valence-corrected chi connectivity index (χ3v) is 3.94. The van der Waals surface area contributed by atoms with Gasteiger partial charge in [0, 0.05) is 39.1 Å². The number of fused-ring (bicyclic) bond motifs is 1. The van der Waals surface area contributed by atoms with Crippen LogP contribution in [0, 0.1) is 0 Å². The number of benzene rings is 1. The van der Waals surface area contributed by atoms with E-state index in [0.29, 0.717) is 13.0 Å². The number of nitrogens with two attached hydrogens (primary N) is 1. The molecule has 4 nitrogen and oxygen atoms in total. The summed E-state index contributed by atoms with van der Waals surface area (Å²) in [5.74, 6) is 0.0669. The van der Waals surface area contributed by atoms with E-state index in [1.54, 1.807) is 7.05 Å². The Balaban J connectivity index is 2.01. The average molecular weight is 261 g/mol. The van der Waals surface area contributed by atoms with Crippen molar-refractivity contribution in [2.75, 3.05) is 26.7 Å². The molecule has 0 aliphatic carbocycles. The standard InChI is InChI=1S/C15H23N3O/c1-17-15(19)10-14(11-16)18-8-6-12-4-2-3-5-13(12)7-9-18/h2-5,14H,6-11,16H2,1H3,(H,17,19). The van der Waals surface area contributed by atoms with Crippen molar-refractivity contribution < 1.29 is 4.79 Å². The van der Waals surface area contributed by atoms with Crippen LogP contribution in [0.15, 0.2) is 24.3 Å². The van der Waals surface area contributed by atoms with E-state index in [1.807, 2.05) is 0 Å². The van der Waals surface area contributed by atoms with Gasteiger partial charge in [-0.1, -0.05) is 24.3 Å². The summed E-state index contributed by atoms with van der Waals surface area (Å²) in [6.45, 7) is 2.50. The first-order chi connectivity index (χ1) is 9.24. The van der Waals surface area contributed by atoms with Crippen LogP contribution in [0.4, 0.5) is 0 Å². The third-order valence-electron chi connectivity index (χ3n) is 3.94. The molecule has 1 aliphatic heterocycles. The minimum atomic E-state index is 0.0669. The van der Waals surface area contributed by atoms with Crippen molar-refractivity contribution in [1.82, 2.24) is 10.2 Å². The fourth-order valence-corrected chi connectivity index (χ4v) is 2.73. The summed E-state index contributed by atoms with van der Waals surface area (Å²) >= 11 is 0. The Morgan fingerprint density at radius 1 is 1.32 bits per heavy atom. The van der Waals surface area contributed by atoms with Crippen LogP contribution in [0.5, 0.6) is 0 Å². The molecule has 1 heterocycles. The highest BCUT2D eigenvalue weighted by Gasteiger charge is 2.22. The van der Waals surface area contributed by atoms with E-state index in [-0.39, 0.29) is 11.9 Å². The Morgan fingerprint density at radius 3 is 2.37 bits per heavy atom. The maximum atomic E-state index is 11.5. The quantitative estimate of drug-likeness (QED) is 0.832. The van der Waals surface area contributed by atoms with E-state index in [4.69, 9.17) is 5.73 Å². The Kier molecular flexibility index (Phi) is 4.93. The van der Waals surface area contributed by atoms with Crippen molar-refractivity contribution in [2.24, 2.45) is 5.73 Å². The predicted molar refractivity (Wildman–Crippen MR) is 76.9 cm³/mol. The summed E-state index contributed by atoms with van der Waals surface area (Å²) in [4.78, 5) is 13.9. The molecular weight excluding hydrogens is 238 g/mol. The smallest absolute Gasteiger partial charge is 0.221 e. The van der Waals surface area contributed by atoms with Gasteiger partial charge in [-0.2, -0.15) is 0 Å². The van der Waals surface area contributed by atoms with Crippen molar-refractivity contribution in [3.63, 3.8) is 0 Å². The molecule has 0 spiro atoms. The van der Waals surface area contributed by atoms with Gasteiger partial charge < -0.3 is 11.1 Å². The number of carbonyl (C=O) groups excluding carboxylic acids is 1. The van der Waals surface area contributed by atoms with Crippen LogP contribution >= 0.6 is 0 Å². The molecule has 2 rings (SSSR count). The first-order valence-corrected chi connectivity index (χ1v) is 6.96. The molecule has 104 valence electrons. The number of hydrogen-bond donors (Lipinski definition) is 2. The molecule has 19 heavy (non-hydrogen) atoms. The van der Waals surface area contributed by atoms with E-state index >= 15 is 0 Å². The minimum Gasteiger partial charge on any atom is -0.359 e. The van der Waals surface area contributed by atoms with Crippen LogP contribution in [0.3, 0.4) is 0 Å². The molecular formula is C15H23N3O. The second kappa shape index (κ2) is 6.68. The molecule has 0 saturated heterocycles. The summed E-state index contributed by atoms with van der Waals surface area (Å²) in [6.07, 6.45) is 2.57. The average Bonchev–Trinajstić information content (AvgIpc) is 2.67. The van der Waals surface area contributed by atoms with Gasteiger partial charge in [-0.05, 0) is 24.0 Å². The Morgan fingerprint density at radius 2 is 1.89 bits per heavy atom. The predicted octanol–water partition coefficient (Wildman–Crippen LogP) is 0.551. The van der Waals surface area contributed by atoms with Gasteiger partial charge in [0.2, 0.25) is 5.91 Å². The van der Waals surface area contributed by atoms with E-state index in [1.165, 1.54) is 11.1 Å². The molecule has 1 amide bonds. The summed E-state index contributed by atoms with van der Waals surface area (Å²) in [7, 11) is 1.67. The van der Waals surface area contributed by atoms with Crippen molar-refractivity contribution >= 4 is 5.91 Å². The Hall–Kier alpha value is -1.39. The monoisotopic (exact) mass is 261 g/mol. The molecule has 1 aromatic rings. The molecule has 0 radical (unpaired) electrons. The Bertz CT molecular complexity index is 406. The molecule has 1 atom stereocenters. The van der Waals surface area contributed by atoms with Gasteiger partial charge in [0.05, 0.1) is 0 Å². The second-order valence-corrected chi connectivity index (χ2v) is 5.07. The topological polar surface area (TPSA) is 58.4 Å². The van der Waals surface area contributed by atoms with Gasteiger partial charge in [0.15, 0.2) is 0 Å². The lowest BCUT2D eigenvalue weighted by atomic mass is 10.0. The van der Waals surface area contributed by atoms with Gasteiger partial charge in [0.25, 0.3) is 0 Å². The third kappa shape index (κ3) is 3.55. The SMILES string of the molecule is CNC(=O)CC(CN)N1CCc2ccccc2CC1. The zero-order valence-corrected chi connectivity index (χ0v) is 11.6. The van der Waals surface area contributed by atoms with E-state index in [9.17, 15) is 4.79 Å². The van der Waals surface area contributed by atoms with E-state index in [2.05, 4.69) is 34.5 Å². The van der Waals surface area contributed by atoms with Gasteiger partial charge in [0.1, 0.15) is 0 Å². The summed E-state index contributed by atoms with van der Waals surface area (Å²) in [5, 5.41) is 2.68. The molecule has 0 fully saturated rings. The number of carbonyl (C=O) groups is 1. The maximum absolute atomic E-state index is 11.5. The summed E-state index contributed by atoms with van der Waals surface area (Å²) < 4.78 is 0. The highest BCUT2D eigenvalue weighted by molar-refractivity contribution is 5.76. The first-order valence-electron chi connectivity index (χ1n) is 6.96. The van der Waals surface area contributed by atoms with E-state index in [0.717, 1.165) is 25.9 Å². The lowest BCUT2D eigenvalue weighted by Crippen LogP contribution is -2.44. The molecule has 4 heteroatoms. The number of hydrogen-bond acceptors (Lipinski definition) is 3. The summed E-state index contributed by atoms with van der Waals surface area (Å²) in [5.41, 5.74) is 8.70. The van der Waals surface area contributed by atoms with Crippen molar-refractivity contribution in [3.05, 3.63) is 35.4 Å². The lowest BCUT2D eigenvalue weighted by molar-refractivity contribution is -0.121. The van der Waals surface area contributed by atoms with Crippen LogP contribution in [0.2, 0.25) is 0 Å². The van der Waals surface area contributed by atoms with Gasteiger partial charge >= 0.3 is 0 Å². The lowest BCUT2D eigenvalue weighted by Gasteiger charge is -2.29. The largest absolute Gasteiger partial charge is 0.359 e. The van der Waals surface area contributed by atoms with Crippen LogP contribution in [-0.2, 0) is 17.6 Å². The molecule has 0 saturated carbocycles. The number of nitrogens with one attached hydrogen (secondary N) is 1. The summed E-state index contributed by atoms with van der Waals surface area (Å²) in [6, 6.07) is 8.75. The molecule has 3 N–H and O–H groups in total. The minimum absolute atomic E-state index is 0.0669. The highest BCUT2D eigenvalue weighted by Crippen LogP contribution is 2.17. The van der Waals surface area contributed by atoms with Gasteiger partial charge in [-0.25, -0.2) is 0 Å².